The SMILES string of the molecule is O=C(CN1CCN(C(=O)c2cnsn2)CC1)Nc1ccccc1Cl. The Morgan fingerprint density at radius 3 is 2.62 bits per heavy atom. The minimum Gasteiger partial charge on any atom is -0.335 e. The number of piperazine rings is 1. The van der Waals surface area contributed by atoms with Gasteiger partial charge in [-0.1, -0.05) is 23.7 Å². The van der Waals surface area contributed by atoms with Crippen LogP contribution < -0.4 is 5.32 Å². The zero-order valence-electron chi connectivity index (χ0n) is 12.8. The van der Waals surface area contributed by atoms with Gasteiger partial charge in [0.1, 0.15) is 0 Å². The molecule has 2 heterocycles. The molecule has 1 fully saturated rings. The fourth-order valence-electron chi connectivity index (χ4n) is 2.49. The highest BCUT2D eigenvalue weighted by molar-refractivity contribution is 6.99. The lowest BCUT2D eigenvalue weighted by Gasteiger charge is -2.33. The van der Waals surface area contributed by atoms with Crippen molar-refractivity contribution in [2.45, 2.75) is 0 Å². The summed E-state index contributed by atoms with van der Waals surface area (Å²) in [6.07, 6.45) is 1.48. The molecule has 0 spiro atoms. The maximum Gasteiger partial charge on any atom is 0.275 e. The number of nitrogens with zero attached hydrogens (tertiary/aromatic N) is 4. The van der Waals surface area contributed by atoms with E-state index in [4.69, 9.17) is 11.6 Å². The van der Waals surface area contributed by atoms with E-state index in [-0.39, 0.29) is 18.4 Å². The van der Waals surface area contributed by atoms with Crippen LogP contribution in [0.3, 0.4) is 0 Å². The monoisotopic (exact) mass is 365 g/mol. The Balaban J connectivity index is 1.48. The summed E-state index contributed by atoms with van der Waals surface area (Å²) in [5.41, 5.74) is 0.985. The molecule has 9 heteroatoms. The second-order valence-electron chi connectivity index (χ2n) is 5.39. The number of halogens is 1. The van der Waals surface area contributed by atoms with Crippen LogP contribution in [0.1, 0.15) is 10.5 Å². The summed E-state index contributed by atoms with van der Waals surface area (Å²) in [5, 5.41) is 3.32. The molecule has 2 aromatic rings. The lowest BCUT2D eigenvalue weighted by atomic mass is 10.2. The Kier molecular flexibility index (Phi) is 5.39. The molecule has 2 amide bonds. The summed E-state index contributed by atoms with van der Waals surface area (Å²) in [7, 11) is 0. The predicted octanol–water partition coefficient (Wildman–Crippen LogP) is 1.59. The van der Waals surface area contributed by atoms with Crippen LogP contribution in [0, 0.1) is 0 Å². The van der Waals surface area contributed by atoms with Crippen molar-refractivity contribution in [2.24, 2.45) is 0 Å². The van der Waals surface area contributed by atoms with Gasteiger partial charge in [-0.15, -0.1) is 0 Å². The maximum absolute atomic E-state index is 12.2. The summed E-state index contributed by atoms with van der Waals surface area (Å²) in [6, 6.07) is 7.12. The largest absolute Gasteiger partial charge is 0.335 e. The fraction of sp³-hybridized carbons (Fsp3) is 0.333. The van der Waals surface area contributed by atoms with Gasteiger partial charge in [-0.2, -0.15) is 8.75 Å². The van der Waals surface area contributed by atoms with Crippen LogP contribution >= 0.6 is 23.3 Å². The number of amides is 2. The fourth-order valence-corrected chi connectivity index (χ4v) is 3.08. The lowest BCUT2D eigenvalue weighted by Crippen LogP contribution is -2.50. The number of hydrogen-bond donors (Lipinski definition) is 1. The first-order chi connectivity index (χ1) is 11.6. The normalized spacial score (nSPS) is 15.3. The molecule has 0 bridgehead atoms. The molecule has 1 aromatic heterocycles. The predicted molar refractivity (Wildman–Crippen MR) is 92.3 cm³/mol. The van der Waals surface area contributed by atoms with E-state index in [0.717, 1.165) is 11.7 Å². The van der Waals surface area contributed by atoms with Gasteiger partial charge in [0.25, 0.3) is 5.91 Å². The molecular weight excluding hydrogens is 350 g/mol. The van der Waals surface area contributed by atoms with E-state index in [1.165, 1.54) is 6.20 Å². The molecule has 0 unspecified atom stereocenters. The van der Waals surface area contributed by atoms with Gasteiger partial charge in [0, 0.05) is 26.2 Å². The molecular formula is C15H16ClN5O2S. The molecule has 0 aliphatic carbocycles. The second kappa shape index (κ2) is 7.69. The van der Waals surface area contributed by atoms with Crippen LogP contribution in [0.5, 0.6) is 0 Å². The highest BCUT2D eigenvalue weighted by Gasteiger charge is 2.24. The molecule has 1 N–H and O–H groups in total. The van der Waals surface area contributed by atoms with E-state index in [2.05, 4.69) is 14.1 Å². The minimum atomic E-state index is -0.119. The van der Waals surface area contributed by atoms with Gasteiger partial charge in [-0.25, -0.2) is 0 Å². The molecule has 126 valence electrons. The third-order valence-corrected chi connectivity index (χ3v) is 4.56. The average Bonchev–Trinajstić information content (AvgIpc) is 3.11. The number of para-hydroxylation sites is 1. The molecule has 24 heavy (non-hydrogen) atoms. The van der Waals surface area contributed by atoms with Crippen molar-refractivity contribution in [2.75, 3.05) is 38.0 Å². The van der Waals surface area contributed by atoms with Crippen molar-refractivity contribution in [1.29, 1.82) is 0 Å². The van der Waals surface area contributed by atoms with Crippen molar-refractivity contribution < 1.29 is 9.59 Å². The van der Waals surface area contributed by atoms with Crippen LogP contribution in [0.2, 0.25) is 5.02 Å². The summed E-state index contributed by atoms with van der Waals surface area (Å²) < 4.78 is 7.81. The maximum atomic E-state index is 12.2. The smallest absolute Gasteiger partial charge is 0.275 e. The first-order valence-electron chi connectivity index (χ1n) is 7.47. The Morgan fingerprint density at radius 2 is 1.96 bits per heavy atom. The van der Waals surface area contributed by atoms with Crippen LogP contribution in [0.25, 0.3) is 0 Å². The standard InChI is InChI=1S/C15H16ClN5O2S/c16-11-3-1-2-4-12(11)18-14(22)10-20-5-7-21(8-6-20)15(23)13-9-17-24-19-13/h1-4,9H,5-8,10H2,(H,18,22). The molecule has 1 aromatic carbocycles. The van der Waals surface area contributed by atoms with Gasteiger partial charge in [-0.3, -0.25) is 14.5 Å². The van der Waals surface area contributed by atoms with Crippen molar-refractivity contribution in [3.8, 4) is 0 Å². The molecule has 7 nitrogen and oxygen atoms in total. The molecule has 0 radical (unpaired) electrons. The minimum absolute atomic E-state index is 0.107. The number of benzene rings is 1. The number of carbonyl (C=O) groups is 2. The molecule has 0 atom stereocenters. The summed E-state index contributed by atoms with van der Waals surface area (Å²) in [5.74, 6) is -0.226. The van der Waals surface area contributed by atoms with E-state index >= 15 is 0 Å². The van der Waals surface area contributed by atoms with Crippen molar-refractivity contribution in [3.63, 3.8) is 0 Å². The van der Waals surface area contributed by atoms with Gasteiger partial charge in [0.2, 0.25) is 5.91 Å². The number of nitrogens with one attached hydrogen (secondary N) is 1. The van der Waals surface area contributed by atoms with E-state index in [0.29, 0.717) is 42.6 Å². The van der Waals surface area contributed by atoms with E-state index in [1.54, 1.807) is 17.0 Å². The van der Waals surface area contributed by atoms with E-state index in [1.807, 2.05) is 17.0 Å². The number of aromatic nitrogens is 2. The quantitative estimate of drug-likeness (QED) is 0.890. The molecule has 1 saturated heterocycles. The van der Waals surface area contributed by atoms with Crippen molar-refractivity contribution in [1.82, 2.24) is 18.5 Å². The summed E-state index contributed by atoms with van der Waals surface area (Å²) in [4.78, 5) is 28.1. The number of hydrogen-bond acceptors (Lipinski definition) is 6. The zero-order chi connectivity index (χ0) is 16.9. The van der Waals surface area contributed by atoms with Crippen molar-refractivity contribution in [3.05, 3.63) is 41.2 Å². The van der Waals surface area contributed by atoms with Crippen LogP contribution in [-0.2, 0) is 4.79 Å². The van der Waals surface area contributed by atoms with Crippen LogP contribution in [0.4, 0.5) is 5.69 Å². The summed E-state index contributed by atoms with van der Waals surface area (Å²) in [6.45, 7) is 2.68. The Morgan fingerprint density at radius 1 is 1.21 bits per heavy atom. The lowest BCUT2D eigenvalue weighted by molar-refractivity contribution is -0.117. The third-order valence-electron chi connectivity index (χ3n) is 3.76. The van der Waals surface area contributed by atoms with Gasteiger partial charge < -0.3 is 10.2 Å². The van der Waals surface area contributed by atoms with Crippen LogP contribution in [-0.4, -0.2) is 63.1 Å². The Bertz CT molecular complexity index is 716. The highest BCUT2D eigenvalue weighted by Crippen LogP contribution is 2.20. The first-order valence-corrected chi connectivity index (χ1v) is 8.58. The number of rotatable bonds is 4. The third kappa shape index (κ3) is 4.08. The van der Waals surface area contributed by atoms with Crippen molar-refractivity contribution >= 4 is 40.8 Å². The zero-order valence-corrected chi connectivity index (χ0v) is 14.4. The van der Waals surface area contributed by atoms with E-state index < -0.39 is 0 Å². The average molecular weight is 366 g/mol. The van der Waals surface area contributed by atoms with E-state index in [9.17, 15) is 9.59 Å². The molecule has 1 aliphatic rings. The summed E-state index contributed by atoms with van der Waals surface area (Å²) >= 11 is 7.05. The van der Waals surface area contributed by atoms with Gasteiger partial charge in [0.05, 0.1) is 35.2 Å². The Hall–Kier alpha value is -2.03. The first kappa shape index (κ1) is 16.8. The number of carbonyl (C=O) groups excluding carboxylic acids is 2. The van der Waals surface area contributed by atoms with Gasteiger partial charge in [0.15, 0.2) is 5.69 Å². The van der Waals surface area contributed by atoms with Gasteiger partial charge in [-0.05, 0) is 12.1 Å². The topological polar surface area (TPSA) is 78.4 Å². The molecule has 3 rings (SSSR count). The van der Waals surface area contributed by atoms with Gasteiger partial charge >= 0.3 is 0 Å². The van der Waals surface area contributed by atoms with Crippen LogP contribution in [0.15, 0.2) is 30.5 Å². The second-order valence-corrected chi connectivity index (χ2v) is 6.35. The molecule has 1 aliphatic heterocycles. The Labute approximate surface area is 148 Å². The molecule has 0 saturated carbocycles. The number of anilines is 1. The highest BCUT2D eigenvalue weighted by atomic mass is 35.5.